The van der Waals surface area contributed by atoms with Crippen molar-refractivity contribution in [2.75, 3.05) is 14.2 Å². The number of methoxy groups -OCH3 is 2. The summed E-state index contributed by atoms with van der Waals surface area (Å²) in [5.41, 5.74) is 1.75. The van der Waals surface area contributed by atoms with Crippen molar-refractivity contribution in [1.29, 1.82) is 0 Å². The van der Waals surface area contributed by atoms with Crippen LogP contribution in [0, 0.1) is 17.6 Å². The number of hydrogen-bond acceptors (Lipinski definition) is 2. The average Bonchev–Trinajstić information content (AvgIpc) is 2.84. The van der Waals surface area contributed by atoms with Crippen molar-refractivity contribution in [1.82, 2.24) is 0 Å². The van der Waals surface area contributed by atoms with Crippen molar-refractivity contribution in [2.45, 2.75) is 82.1 Å². The number of rotatable bonds is 9. The van der Waals surface area contributed by atoms with E-state index >= 15 is 4.39 Å². The molecule has 0 unspecified atom stereocenters. The van der Waals surface area contributed by atoms with Gasteiger partial charge >= 0.3 is 0 Å². The molecular weight excluding hydrogens is 425 g/mol. The Morgan fingerprint density at radius 3 is 1.91 bits per heavy atom. The van der Waals surface area contributed by atoms with Gasteiger partial charge in [-0.1, -0.05) is 30.9 Å². The van der Waals surface area contributed by atoms with E-state index in [0.29, 0.717) is 29.0 Å². The van der Waals surface area contributed by atoms with Crippen molar-refractivity contribution in [3.63, 3.8) is 0 Å². The molecule has 2 aliphatic carbocycles. The summed E-state index contributed by atoms with van der Waals surface area (Å²) in [5.74, 6) is -1.19. The van der Waals surface area contributed by atoms with Gasteiger partial charge in [0.15, 0.2) is 17.5 Å². The first-order valence-corrected chi connectivity index (χ1v) is 12.1. The van der Waals surface area contributed by atoms with Crippen LogP contribution in [0.15, 0.2) is 48.5 Å². The maximum Gasteiger partial charge on any atom is 0.164 e. The van der Waals surface area contributed by atoms with Gasteiger partial charge < -0.3 is 9.47 Å². The Hall–Kier alpha value is -2.01. The quantitative estimate of drug-likeness (QED) is 0.272. The van der Waals surface area contributed by atoms with E-state index in [-0.39, 0.29) is 23.7 Å². The van der Waals surface area contributed by atoms with Gasteiger partial charge in [-0.25, -0.2) is 13.2 Å². The highest BCUT2D eigenvalue weighted by molar-refractivity contribution is 5.32. The van der Waals surface area contributed by atoms with E-state index in [9.17, 15) is 8.78 Å². The van der Waals surface area contributed by atoms with Gasteiger partial charge in [-0.05, 0) is 99.2 Å². The largest absolute Gasteiger partial charge is 0.494 e. The Morgan fingerprint density at radius 1 is 0.909 bits per heavy atom. The van der Waals surface area contributed by atoms with Crippen LogP contribution >= 0.6 is 0 Å². The molecule has 0 N–H and O–H groups in total. The third-order valence-corrected chi connectivity index (χ3v) is 7.59. The molecule has 0 bridgehead atoms. The number of hydrogen-bond donors (Lipinski definition) is 0. The summed E-state index contributed by atoms with van der Waals surface area (Å²) in [6.07, 6.45) is 10.3. The summed E-state index contributed by atoms with van der Waals surface area (Å²) >= 11 is 0. The van der Waals surface area contributed by atoms with E-state index in [4.69, 9.17) is 9.47 Å². The van der Waals surface area contributed by atoms with E-state index in [1.807, 2.05) is 12.1 Å². The monoisotopic (exact) mass is 462 g/mol. The smallest absolute Gasteiger partial charge is 0.164 e. The SMILES string of the molecule is C=C(/C=C(/F)C(=C)OC)CCC1CCC(c2ccc(C3CCC(OC)CC3)c(F)c2F)CC1. The zero-order valence-electron chi connectivity index (χ0n) is 20.0. The second kappa shape index (κ2) is 11.9. The minimum atomic E-state index is -0.655. The number of halogens is 3. The van der Waals surface area contributed by atoms with Gasteiger partial charge in [0.2, 0.25) is 0 Å². The normalized spacial score (nSPS) is 26.2. The molecule has 2 aliphatic rings. The molecule has 33 heavy (non-hydrogen) atoms. The molecule has 0 spiro atoms. The third-order valence-electron chi connectivity index (χ3n) is 7.59. The fourth-order valence-corrected chi connectivity index (χ4v) is 5.40. The van der Waals surface area contributed by atoms with Gasteiger partial charge in [0.05, 0.1) is 13.2 Å². The maximum absolute atomic E-state index is 15.0. The second-order valence-corrected chi connectivity index (χ2v) is 9.62. The lowest BCUT2D eigenvalue weighted by atomic mass is 9.76. The van der Waals surface area contributed by atoms with Crippen molar-refractivity contribution in [2.24, 2.45) is 5.92 Å². The Bertz CT molecular complexity index is 860. The zero-order chi connectivity index (χ0) is 24.0. The lowest BCUT2D eigenvalue weighted by molar-refractivity contribution is 0.0655. The first-order valence-electron chi connectivity index (χ1n) is 12.1. The highest BCUT2D eigenvalue weighted by Crippen LogP contribution is 2.41. The van der Waals surface area contributed by atoms with E-state index in [1.165, 1.54) is 13.2 Å². The van der Waals surface area contributed by atoms with Crippen LogP contribution in [0.1, 0.15) is 87.2 Å². The Kier molecular flexibility index (Phi) is 9.25. The molecule has 0 saturated heterocycles. The van der Waals surface area contributed by atoms with Crippen LogP contribution in [0.5, 0.6) is 0 Å². The van der Waals surface area contributed by atoms with Crippen LogP contribution in [0.3, 0.4) is 0 Å². The van der Waals surface area contributed by atoms with Crippen LogP contribution in [0.4, 0.5) is 13.2 Å². The van der Waals surface area contributed by atoms with Crippen molar-refractivity contribution < 1.29 is 22.6 Å². The summed E-state index contributed by atoms with van der Waals surface area (Å²) in [7, 11) is 3.09. The standard InChI is InChI=1S/C28H37F3O2/c1-18(17-26(29)19(2)32-3)5-6-20-7-9-21(10-8-20)24-15-16-25(28(31)27(24)30)22-11-13-23(33-4)14-12-22/h15-17,20-23H,1-2,5-14H2,3-4H3/b26-17+. The predicted molar refractivity (Wildman–Crippen MR) is 127 cm³/mol. The molecule has 182 valence electrons. The molecule has 0 aliphatic heterocycles. The van der Waals surface area contributed by atoms with E-state index in [0.717, 1.165) is 57.8 Å². The van der Waals surface area contributed by atoms with Crippen molar-refractivity contribution in [3.05, 3.63) is 71.3 Å². The summed E-state index contributed by atoms with van der Waals surface area (Å²) in [6.45, 7) is 7.42. The predicted octanol–water partition coefficient (Wildman–Crippen LogP) is 8.26. The minimum Gasteiger partial charge on any atom is -0.494 e. The Balaban J connectivity index is 1.53. The lowest BCUT2D eigenvalue weighted by Gasteiger charge is -2.31. The second-order valence-electron chi connectivity index (χ2n) is 9.62. The first-order chi connectivity index (χ1) is 15.8. The molecule has 5 heteroatoms. The number of ether oxygens (including phenoxy) is 2. The summed E-state index contributed by atoms with van der Waals surface area (Å²) in [6, 6.07) is 3.63. The summed E-state index contributed by atoms with van der Waals surface area (Å²) in [4.78, 5) is 0. The van der Waals surface area contributed by atoms with E-state index in [2.05, 4.69) is 13.2 Å². The molecule has 0 atom stereocenters. The molecular formula is C28H37F3O2. The van der Waals surface area contributed by atoms with Crippen molar-refractivity contribution in [3.8, 4) is 0 Å². The first kappa shape index (κ1) is 25.6. The van der Waals surface area contributed by atoms with Crippen LogP contribution in [-0.4, -0.2) is 20.3 Å². The molecule has 1 aromatic rings. The van der Waals surface area contributed by atoms with Gasteiger partial charge in [0, 0.05) is 7.11 Å². The zero-order valence-corrected chi connectivity index (χ0v) is 20.0. The Labute approximate surface area is 196 Å². The summed E-state index contributed by atoms with van der Waals surface area (Å²) < 4.78 is 54.0. The molecule has 2 fully saturated rings. The highest BCUT2D eigenvalue weighted by Gasteiger charge is 2.29. The molecule has 0 amide bonds. The minimum absolute atomic E-state index is 0.000377. The highest BCUT2D eigenvalue weighted by atomic mass is 19.2. The lowest BCUT2D eigenvalue weighted by Crippen LogP contribution is -2.20. The van der Waals surface area contributed by atoms with Gasteiger partial charge in [0.1, 0.15) is 5.76 Å². The van der Waals surface area contributed by atoms with Crippen LogP contribution in [0.2, 0.25) is 0 Å². The summed E-state index contributed by atoms with van der Waals surface area (Å²) in [5, 5.41) is 0. The molecule has 0 radical (unpaired) electrons. The Morgan fingerprint density at radius 2 is 1.42 bits per heavy atom. The van der Waals surface area contributed by atoms with E-state index < -0.39 is 17.5 Å². The van der Waals surface area contributed by atoms with Gasteiger partial charge in [-0.2, -0.15) is 0 Å². The molecule has 2 nitrogen and oxygen atoms in total. The number of benzene rings is 1. The van der Waals surface area contributed by atoms with E-state index in [1.54, 1.807) is 7.11 Å². The van der Waals surface area contributed by atoms with Gasteiger partial charge in [0.25, 0.3) is 0 Å². The van der Waals surface area contributed by atoms with Crippen LogP contribution in [0.25, 0.3) is 0 Å². The molecule has 0 aromatic heterocycles. The fourth-order valence-electron chi connectivity index (χ4n) is 5.40. The molecule has 3 rings (SSSR count). The van der Waals surface area contributed by atoms with Gasteiger partial charge in [-0.15, -0.1) is 0 Å². The molecule has 0 heterocycles. The number of allylic oxidation sites excluding steroid dienone is 3. The van der Waals surface area contributed by atoms with Crippen molar-refractivity contribution >= 4 is 0 Å². The molecule has 2 saturated carbocycles. The fraction of sp³-hybridized carbons (Fsp3) is 0.571. The van der Waals surface area contributed by atoms with Crippen LogP contribution in [-0.2, 0) is 9.47 Å². The topological polar surface area (TPSA) is 18.5 Å². The molecule has 1 aromatic carbocycles. The van der Waals surface area contributed by atoms with Gasteiger partial charge in [-0.3, -0.25) is 0 Å². The third kappa shape index (κ3) is 6.53. The average molecular weight is 463 g/mol. The van der Waals surface area contributed by atoms with Crippen LogP contribution < -0.4 is 0 Å². The maximum atomic E-state index is 15.0.